The van der Waals surface area contributed by atoms with Crippen molar-refractivity contribution < 1.29 is 4.74 Å². The largest absolute Gasteiger partial charge is 0.491 e. The molecule has 4 nitrogen and oxygen atoms in total. The van der Waals surface area contributed by atoms with Crippen molar-refractivity contribution in [1.82, 2.24) is 10.6 Å². The predicted molar refractivity (Wildman–Crippen MR) is 111 cm³/mol. The van der Waals surface area contributed by atoms with Gasteiger partial charge in [0.15, 0.2) is 5.96 Å². The van der Waals surface area contributed by atoms with Gasteiger partial charge in [0.2, 0.25) is 0 Å². The van der Waals surface area contributed by atoms with E-state index in [1.54, 1.807) is 7.05 Å². The fraction of sp³-hybridized carbons (Fsp3) is 0.316. The summed E-state index contributed by atoms with van der Waals surface area (Å²) in [5.41, 5.74) is 2.41. The molecular formula is C19H26IN3O. The minimum atomic E-state index is 0. The molecule has 2 rings (SSSR count). The molecule has 0 saturated heterocycles. The Kier molecular flexibility index (Phi) is 9.22. The molecule has 2 aromatic carbocycles. The van der Waals surface area contributed by atoms with Crippen LogP contribution in [0.2, 0.25) is 0 Å². The zero-order chi connectivity index (χ0) is 16.5. The van der Waals surface area contributed by atoms with Gasteiger partial charge in [-0.05, 0) is 37.1 Å². The summed E-state index contributed by atoms with van der Waals surface area (Å²) in [4.78, 5) is 4.24. The Bertz CT molecular complexity index is 612. The number of nitrogens with zero attached hydrogens (tertiary/aromatic N) is 1. The molecule has 0 aliphatic carbocycles. The van der Waals surface area contributed by atoms with Crippen molar-refractivity contribution in [3.63, 3.8) is 0 Å². The topological polar surface area (TPSA) is 45.7 Å². The molecule has 0 aromatic heterocycles. The lowest BCUT2D eigenvalue weighted by molar-refractivity contribution is 0.242. The molecule has 0 bridgehead atoms. The highest BCUT2D eigenvalue weighted by Crippen LogP contribution is 2.13. The first-order valence-electron chi connectivity index (χ1n) is 7.91. The van der Waals surface area contributed by atoms with Crippen LogP contribution in [0.3, 0.4) is 0 Å². The molecule has 2 N–H and O–H groups in total. The van der Waals surface area contributed by atoms with E-state index in [0.717, 1.165) is 24.8 Å². The first-order valence-corrected chi connectivity index (χ1v) is 7.91. The van der Waals surface area contributed by atoms with E-state index in [4.69, 9.17) is 4.74 Å². The van der Waals surface area contributed by atoms with Crippen LogP contribution in [0.1, 0.15) is 25.0 Å². The van der Waals surface area contributed by atoms with Gasteiger partial charge in [-0.2, -0.15) is 0 Å². The monoisotopic (exact) mass is 439 g/mol. The smallest absolute Gasteiger partial charge is 0.191 e. The van der Waals surface area contributed by atoms with Crippen molar-refractivity contribution in [3.05, 3.63) is 65.7 Å². The van der Waals surface area contributed by atoms with Crippen LogP contribution < -0.4 is 15.4 Å². The molecule has 0 saturated carbocycles. The van der Waals surface area contributed by atoms with Crippen LogP contribution in [0.15, 0.2) is 59.6 Å². The minimum absolute atomic E-state index is 0. The number of hydrogen-bond acceptors (Lipinski definition) is 2. The number of ether oxygens (including phenoxy) is 1. The van der Waals surface area contributed by atoms with Crippen LogP contribution in [0.25, 0.3) is 0 Å². The second-order valence-corrected chi connectivity index (χ2v) is 5.58. The number of benzene rings is 2. The SMILES string of the molecule is CN=C(NCc1ccccc1)NCc1ccc(OC(C)C)cc1.I. The third kappa shape index (κ3) is 7.21. The molecule has 130 valence electrons. The zero-order valence-electron chi connectivity index (χ0n) is 14.5. The molecule has 0 aliphatic rings. The number of halogens is 1. The van der Waals surface area contributed by atoms with Gasteiger partial charge in [0, 0.05) is 20.1 Å². The highest BCUT2D eigenvalue weighted by Gasteiger charge is 2.01. The summed E-state index contributed by atoms with van der Waals surface area (Å²) in [5, 5.41) is 6.62. The van der Waals surface area contributed by atoms with Crippen LogP contribution in [0.4, 0.5) is 0 Å². The molecule has 5 heteroatoms. The molecule has 0 unspecified atom stereocenters. The fourth-order valence-corrected chi connectivity index (χ4v) is 2.15. The molecule has 0 heterocycles. The van der Waals surface area contributed by atoms with E-state index in [9.17, 15) is 0 Å². The molecule has 0 amide bonds. The summed E-state index contributed by atoms with van der Waals surface area (Å²) in [5.74, 6) is 1.69. The van der Waals surface area contributed by atoms with Crippen molar-refractivity contribution in [1.29, 1.82) is 0 Å². The molecule has 0 radical (unpaired) electrons. The Labute approximate surface area is 161 Å². The third-order valence-electron chi connectivity index (χ3n) is 3.28. The molecule has 0 spiro atoms. The highest BCUT2D eigenvalue weighted by atomic mass is 127. The maximum absolute atomic E-state index is 5.65. The summed E-state index contributed by atoms with van der Waals surface area (Å²) in [6.45, 7) is 5.52. The number of aliphatic imine (C=N–C) groups is 1. The van der Waals surface area contributed by atoms with Gasteiger partial charge in [-0.1, -0.05) is 42.5 Å². The average molecular weight is 439 g/mol. The van der Waals surface area contributed by atoms with Crippen LogP contribution in [-0.4, -0.2) is 19.1 Å². The van der Waals surface area contributed by atoms with Gasteiger partial charge in [0.25, 0.3) is 0 Å². The van der Waals surface area contributed by atoms with Crippen molar-refractivity contribution in [2.75, 3.05) is 7.05 Å². The predicted octanol–water partition coefficient (Wildman–Crippen LogP) is 3.96. The van der Waals surface area contributed by atoms with E-state index in [0.29, 0.717) is 0 Å². The Balaban J connectivity index is 0.00000288. The lowest BCUT2D eigenvalue weighted by Gasteiger charge is -2.13. The van der Waals surface area contributed by atoms with Gasteiger partial charge in [-0.15, -0.1) is 24.0 Å². The van der Waals surface area contributed by atoms with Gasteiger partial charge in [-0.25, -0.2) is 0 Å². The first-order chi connectivity index (χ1) is 11.2. The number of guanidine groups is 1. The van der Waals surface area contributed by atoms with E-state index < -0.39 is 0 Å². The molecule has 24 heavy (non-hydrogen) atoms. The van der Waals surface area contributed by atoms with Gasteiger partial charge in [0.05, 0.1) is 6.10 Å². The third-order valence-corrected chi connectivity index (χ3v) is 3.28. The Morgan fingerprint density at radius 1 is 0.917 bits per heavy atom. The first kappa shape index (κ1) is 20.3. The molecular weight excluding hydrogens is 413 g/mol. The quantitative estimate of drug-likeness (QED) is 0.407. The lowest BCUT2D eigenvalue weighted by atomic mass is 10.2. The lowest BCUT2D eigenvalue weighted by Crippen LogP contribution is -2.36. The minimum Gasteiger partial charge on any atom is -0.491 e. The van der Waals surface area contributed by atoms with E-state index in [1.165, 1.54) is 11.1 Å². The number of rotatable bonds is 6. The van der Waals surface area contributed by atoms with Crippen LogP contribution in [0.5, 0.6) is 5.75 Å². The average Bonchev–Trinajstić information content (AvgIpc) is 2.57. The molecule has 0 aliphatic heterocycles. The van der Waals surface area contributed by atoms with Crippen molar-refractivity contribution in [2.24, 2.45) is 4.99 Å². The Morgan fingerprint density at radius 3 is 1.96 bits per heavy atom. The van der Waals surface area contributed by atoms with E-state index >= 15 is 0 Å². The maximum Gasteiger partial charge on any atom is 0.191 e. The molecule has 0 fully saturated rings. The number of hydrogen-bond donors (Lipinski definition) is 2. The van der Waals surface area contributed by atoms with Crippen molar-refractivity contribution in [3.8, 4) is 5.75 Å². The zero-order valence-corrected chi connectivity index (χ0v) is 16.8. The van der Waals surface area contributed by atoms with Gasteiger partial charge >= 0.3 is 0 Å². The van der Waals surface area contributed by atoms with Crippen molar-refractivity contribution in [2.45, 2.75) is 33.0 Å². The summed E-state index contributed by atoms with van der Waals surface area (Å²) < 4.78 is 5.65. The second-order valence-electron chi connectivity index (χ2n) is 5.58. The van der Waals surface area contributed by atoms with Crippen LogP contribution in [0, 0.1) is 0 Å². The van der Waals surface area contributed by atoms with E-state index in [2.05, 4.69) is 39.9 Å². The molecule has 2 aromatic rings. The summed E-state index contributed by atoms with van der Waals surface area (Å²) in [6, 6.07) is 18.4. The van der Waals surface area contributed by atoms with E-state index in [-0.39, 0.29) is 30.1 Å². The standard InChI is InChI=1S/C19H25N3O.HI/c1-15(2)23-18-11-9-17(10-12-18)14-22-19(20-3)21-13-16-7-5-4-6-8-16;/h4-12,15H,13-14H2,1-3H3,(H2,20,21,22);1H. The van der Waals surface area contributed by atoms with Crippen LogP contribution >= 0.6 is 24.0 Å². The van der Waals surface area contributed by atoms with E-state index in [1.807, 2.05) is 44.2 Å². The maximum atomic E-state index is 5.65. The normalized spacial score (nSPS) is 10.9. The van der Waals surface area contributed by atoms with Gasteiger partial charge in [-0.3, -0.25) is 4.99 Å². The fourth-order valence-electron chi connectivity index (χ4n) is 2.15. The second kappa shape index (κ2) is 10.9. The summed E-state index contributed by atoms with van der Waals surface area (Å²) >= 11 is 0. The van der Waals surface area contributed by atoms with Crippen LogP contribution in [-0.2, 0) is 13.1 Å². The highest BCUT2D eigenvalue weighted by molar-refractivity contribution is 14.0. The van der Waals surface area contributed by atoms with Crippen molar-refractivity contribution >= 4 is 29.9 Å². The summed E-state index contributed by atoms with van der Waals surface area (Å²) in [7, 11) is 1.78. The van der Waals surface area contributed by atoms with Gasteiger partial charge < -0.3 is 15.4 Å². The van der Waals surface area contributed by atoms with Gasteiger partial charge in [0.1, 0.15) is 5.75 Å². The molecule has 0 atom stereocenters. The number of nitrogens with one attached hydrogen (secondary N) is 2. The Hall–Kier alpha value is -1.76. The summed E-state index contributed by atoms with van der Waals surface area (Å²) in [6.07, 6.45) is 0.194. The Morgan fingerprint density at radius 2 is 1.46 bits per heavy atom.